The summed E-state index contributed by atoms with van der Waals surface area (Å²) in [5.41, 5.74) is 0. The fraction of sp³-hybridized carbons (Fsp3) is 0.933. The van der Waals surface area contributed by atoms with Crippen molar-refractivity contribution in [1.82, 2.24) is 10.2 Å². The van der Waals surface area contributed by atoms with Crippen LogP contribution in [0, 0.1) is 11.8 Å². The molecule has 0 spiro atoms. The van der Waals surface area contributed by atoms with E-state index in [2.05, 4.69) is 17.1 Å². The molecule has 2 unspecified atom stereocenters. The summed E-state index contributed by atoms with van der Waals surface area (Å²) in [6, 6.07) is 0. The lowest BCUT2D eigenvalue weighted by molar-refractivity contribution is -0.130. The Morgan fingerprint density at radius 1 is 1.11 bits per heavy atom. The molecule has 1 saturated heterocycles. The van der Waals surface area contributed by atoms with Gasteiger partial charge in [0.15, 0.2) is 0 Å². The van der Waals surface area contributed by atoms with Gasteiger partial charge in [-0.05, 0) is 37.6 Å². The van der Waals surface area contributed by atoms with Gasteiger partial charge in [-0.3, -0.25) is 4.79 Å². The Kier molecular flexibility index (Phi) is 5.48. The van der Waals surface area contributed by atoms with Crippen LogP contribution in [0.3, 0.4) is 0 Å². The van der Waals surface area contributed by atoms with Crippen LogP contribution >= 0.6 is 0 Å². The van der Waals surface area contributed by atoms with Gasteiger partial charge < -0.3 is 10.2 Å². The highest BCUT2D eigenvalue weighted by molar-refractivity contribution is 5.78. The Morgan fingerprint density at radius 3 is 2.44 bits per heavy atom. The Bertz CT molecular complexity index is 259. The molecule has 0 bridgehead atoms. The van der Waals surface area contributed by atoms with E-state index in [1.807, 2.05) is 0 Å². The number of hydrogen-bond donors (Lipinski definition) is 1. The first-order valence-electron chi connectivity index (χ1n) is 7.76. The van der Waals surface area contributed by atoms with Gasteiger partial charge in [-0.25, -0.2) is 0 Å². The van der Waals surface area contributed by atoms with Gasteiger partial charge in [0.2, 0.25) is 5.91 Å². The van der Waals surface area contributed by atoms with Gasteiger partial charge in [0.25, 0.3) is 0 Å². The fourth-order valence-corrected chi connectivity index (χ4v) is 3.32. The summed E-state index contributed by atoms with van der Waals surface area (Å²) in [7, 11) is 0. The summed E-state index contributed by atoms with van der Waals surface area (Å²) >= 11 is 0. The summed E-state index contributed by atoms with van der Waals surface area (Å²) in [4.78, 5) is 14.1. The molecule has 1 saturated carbocycles. The van der Waals surface area contributed by atoms with Crippen LogP contribution < -0.4 is 5.32 Å². The molecule has 1 aliphatic heterocycles. The van der Waals surface area contributed by atoms with Crippen LogP contribution in [-0.4, -0.2) is 37.0 Å². The van der Waals surface area contributed by atoms with Gasteiger partial charge in [-0.1, -0.05) is 32.6 Å². The second kappa shape index (κ2) is 7.13. The third kappa shape index (κ3) is 3.98. The van der Waals surface area contributed by atoms with Crippen molar-refractivity contribution in [3.63, 3.8) is 0 Å². The maximum atomic E-state index is 12.1. The molecule has 1 amide bonds. The van der Waals surface area contributed by atoms with Crippen molar-refractivity contribution < 1.29 is 4.79 Å². The zero-order valence-corrected chi connectivity index (χ0v) is 11.8. The molecular weight excluding hydrogens is 224 g/mol. The summed E-state index contributed by atoms with van der Waals surface area (Å²) in [5.74, 6) is 1.94. The highest BCUT2D eigenvalue weighted by Crippen LogP contribution is 2.30. The predicted octanol–water partition coefficient (Wildman–Crippen LogP) is 2.41. The quantitative estimate of drug-likeness (QED) is 0.833. The first-order chi connectivity index (χ1) is 8.77. The van der Waals surface area contributed by atoms with Gasteiger partial charge in [0.1, 0.15) is 0 Å². The molecule has 0 aromatic carbocycles. The topological polar surface area (TPSA) is 32.3 Å². The summed E-state index contributed by atoms with van der Waals surface area (Å²) in [6.07, 6.45) is 9.02. The van der Waals surface area contributed by atoms with Crippen LogP contribution in [0.1, 0.15) is 51.9 Å². The average molecular weight is 252 g/mol. The first-order valence-corrected chi connectivity index (χ1v) is 7.76. The second-order valence-electron chi connectivity index (χ2n) is 6.09. The first kappa shape index (κ1) is 13.9. The number of nitrogens with zero attached hydrogens (tertiary/aromatic N) is 1. The van der Waals surface area contributed by atoms with Gasteiger partial charge in [-0.15, -0.1) is 0 Å². The molecule has 0 aromatic heterocycles. The van der Waals surface area contributed by atoms with Crippen molar-refractivity contribution in [2.24, 2.45) is 11.8 Å². The maximum Gasteiger partial charge on any atom is 0.236 e. The van der Waals surface area contributed by atoms with Gasteiger partial charge in [0.05, 0.1) is 6.54 Å². The second-order valence-corrected chi connectivity index (χ2v) is 6.09. The fourth-order valence-electron chi connectivity index (χ4n) is 3.32. The van der Waals surface area contributed by atoms with E-state index in [1.165, 1.54) is 44.9 Å². The van der Waals surface area contributed by atoms with Crippen LogP contribution in [0.25, 0.3) is 0 Å². The van der Waals surface area contributed by atoms with E-state index in [0.29, 0.717) is 12.5 Å². The van der Waals surface area contributed by atoms with E-state index < -0.39 is 0 Å². The maximum absolute atomic E-state index is 12.1. The van der Waals surface area contributed by atoms with E-state index in [0.717, 1.165) is 31.5 Å². The lowest BCUT2D eigenvalue weighted by atomic mass is 9.98. The zero-order valence-electron chi connectivity index (χ0n) is 11.8. The number of likely N-dealkylation sites (tertiary alicyclic amines) is 1. The largest absolute Gasteiger partial charge is 0.342 e. The van der Waals surface area contributed by atoms with Crippen molar-refractivity contribution >= 4 is 5.91 Å². The minimum absolute atomic E-state index is 0.308. The van der Waals surface area contributed by atoms with Crippen molar-refractivity contribution in [2.45, 2.75) is 51.9 Å². The van der Waals surface area contributed by atoms with E-state index >= 15 is 0 Å². The molecule has 2 fully saturated rings. The van der Waals surface area contributed by atoms with Crippen LogP contribution in [-0.2, 0) is 4.79 Å². The Balaban J connectivity index is 1.64. The SMILES string of the molecule is CC1CCCC1CNCC(=O)N1CCCCCC1. The van der Waals surface area contributed by atoms with Crippen LogP contribution in [0.15, 0.2) is 0 Å². The Morgan fingerprint density at radius 2 is 1.83 bits per heavy atom. The van der Waals surface area contributed by atoms with E-state index in [9.17, 15) is 4.79 Å². The number of rotatable bonds is 4. The summed E-state index contributed by atoms with van der Waals surface area (Å²) in [6.45, 7) is 5.86. The molecule has 2 aliphatic rings. The van der Waals surface area contributed by atoms with E-state index in [-0.39, 0.29) is 0 Å². The Hall–Kier alpha value is -0.570. The molecule has 18 heavy (non-hydrogen) atoms. The minimum Gasteiger partial charge on any atom is -0.342 e. The molecule has 2 atom stereocenters. The van der Waals surface area contributed by atoms with Crippen molar-refractivity contribution in [3.05, 3.63) is 0 Å². The lowest BCUT2D eigenvalue weighted by Gasteiger charge is -2.21. The van der Waals surface area contributed by atoms with Gasteiger partial charge in [0, 0.05) is 13.1 Å². The third-order valence-electron chi connectivity index (χ3n) is 4.68. The zero-order chi connectivity index (χ0) is 12.8. The van der Waals surface area contributed by atoms with Crippen molar-refractivity contribution in [3.8, 4) is 0 Å². The smallest absolute Gasteiger partial charge is 0.236 e. The Labute approximate surface area is 111 Å². The van der Waals surface area contributed by atoms with E-state index in [1.54, 1.807) is 0 Å². The molecule has 3 heteroatoms. The molecule has 1 heterocycles. The van der Waals surface area contributed by atoms with Gasteiger partial charge in [-0.2, -0.15) is 0 Å². The summed E-state index contributed by atoms with van der Waals surface area (Å²) in [5, 5.41) is 3.38. The predicted molar refractivity (Wildman–Crippen MR) is 74.4 cm³/mol. The molecule has 0 radical (unpaired) electrons. The highest BCUT2D eigenvalue weighted by Gasteiger charge is 2.23. The molecular formula is C15H28N2O. The molecule has 1 N–H and O–H groups in total. The van der Waals surface area contributed by atoms with Crippen molar-refractivity contribution in [2.75, 3.05) is 26.2 Å². The van der Waals surface area contributed by atoms with Crippen LogP contribution in [0.5, 0.6) is 0 Å². The molecule has 3 nitrogen and oxygen atoms in total. The minimum atomic E-state index is 0.308. The third-order valence-corrected chi connectivity index (χ3v) is 4.68. The summed E-state index contributed by atoms with van der Waals surface area (Å²) < 4.78 is 0. The van der Waals surface area contributed by atoms with Crippen molar-refractivity contribution in [1.29, 1.82) is 0 Å². The normalized spacial score (nSPS) is 29.3. The molecule has 0 aromatic rings. The van der Waals surface area contributed by atoms with E-state index in [4.69, 9.17) is 0 Å². The monoisotopic (exact) mass is 252 g/mol. The van der Waals surface area contributed by atoms with Crippen LogP contribution in [0.4, 0.5) is 0 Å². The molecule has 2 rings (SSSR count). The average Bonchev–Trinajstić information content (AvgIpc) is 2.64. The number of amides is 1. The lowest BCUT2D eigenvalue weighted by Crippen LogP contribution is -2.40. The number of hydrogen-bond acceptors (Lipinski definition) is 2. The standard InChI is InChI=1S/C15H28N2O/c1-13-7-6-8-14(13)11-16-12-15(18)17-9-4-2-3-5-10-17/h13-14,16H,2-12H2,1H3. The molecule has 104 valence electrons. The van der Waals surface area contributed by atoms with Gasteiger partial charge >= 0.3 is 0 Å². The number of carbonyl (C=O) groups excluding carboxylic acids is 1. The van der Waals surface area contributed by atoms with Crippen LogP contribution in [0.2, 0.25) is 0 Å². The number of nitrogens with one attached hydrogen (secondary N) is 1. The number of carbonyl (C=O) groups is 1. The molecule has 1 aliphatic carbocycles. The highest BCUT2D eigenvalue weighted by atomic mass is 16.2.